The van der Waals surface area contributed by atoms with Gasteiger partial charge in [-0.1, -0.05) is 77.4 Å². The number of rotatable bonds is 3. The Labute approximate surface area is 233 Å². The molecule has 38 heavy (non-hydrogen) atoms. The number of fused-ring (bicyclic) bond motifs is 2. The molecule has 1 unspecified atom stereocenters. The monoisotopic (exact) mass is 554 g/mol. The van der Waals surface area contributed by atoms with E-state index in [2.05, 4.69) is 23.1 Å². The number of aliphatic imine (C=N–C) groups is 1. The summed E-state index contributed by atoms with van der Waals surface area (Å²) in [6.07, 6.45) is 3.96. The Balaban J connectivity index is 1.36. The molecule has 4 aromatic rings. The van der Waals surface area contributed by atoms with Gasteiger partial charge in [0.25, 0.3) is 0 Å². The molecule has 3 heterocycles. The van der Waals surface area contributed by atoms with Crippen LogP contribution in [0.3, 0.4) is 0 Å². The van der Waals surface area contributed by atoms with E-state index in [1.807, 2.05) is 72.1 Å². The van der Waals surface area contributed by atoms with Crippen molar-refractivity contribution in [2.24, 2.45) is 4.99 Å². The predicted molar refractivity (Wildman–Crippen MR) is 157 cm³/mol. The molecule has 0 spiro atoms. The first-order valence-corrected chi connectivity index (χ1v) is 13.9. The first kappa shape index (κ1) is 23.6. The maximum absolute atomic E-state index is 13.2. The van der Waals surface area contributed by atoms with Crippen molar-refractivity contribution in [1.29, 1.82) is 0 Å². The zero-order valence-electron chi connectivity index (χ0n) is 20.0. The number of hydrogen-bond donors (Lipinski definition) is 0. The van der Waals surface area contributed by atoms with Crippen molar-refractivity contribution >= 4 is 62.9 Å². The summed E-state index contributed by atoms with van der Waals surface area (Å²) in [5, 5.41) is 5.13. The Morgan fingerprint density at radius 2 is 1.68 bits per heavy atom. The molecule has 0 bridgehead atoms. The minimum absolute atomic E-state index is 0.113. The van der Waals surface area contributed by atoms with Crippen molar-refractivity contribution in [3.8, 4) is 0 Å². The lowest BCUT2D eigenvalue weighted by atomic mass is 9.94. The fourth-order valence-electron chi connectivity index (χ4n) is 5.36. The molecule has 3 aromatic carbocycles. The largest absolute Gasteiger partial charge is 0.422 e. The van der Waals surface area contributed by atoms with Gasteiger partial charge in [-0.05, 0) is 77.6 Å². The molecule has 186 valence electrons. The lowest BCUT2D eigenvalue weighted by molar-refractivity contribution is 0.472. The molecular weight excluding hydrogens is 535 g/mol. The van der Waals surface area contributed by atoms with Crippen molar-refractivity contribution in [2.75, 3.05) is 0 Å². The maximum atomic E-state index is 13.2. The van der Waals surface area contributed by atoms with Gasteiger partial charge in [0, 0.05) is 20.8 Å². The summed E-state index contributed by atoms with van der Waals surface area (Å²) in [5.41, 5.74) is 7.19. The van der Waals surface area contributed by atoms with E-state index in [4.69, 9.17) is 32.6 Å². The van der Waals surface area contributed by atoms with Gasteiger partial charge in [0.2, 0.25) is 0 Å². The van der Waals surface area contributed by atoms with Crippen LogP contribution in [0.25, 0.3) is 22.7 Å². The van der Waals surface area contributed by atoms with Crippen molar-refractivity contribution < 1.29 is 4.42 Å². The molecule has 0 saturated carbocycles. The van der Waals surface area contributed by atoms with Crippen molar-refractivity contribution in [2.45, 2.75) is 18.9 Å². The topological polar surface area (TPSA) is 45.8 Å². The highest BCUT2D eigenvalue weighted by Crippen LogP contribution is 2.52. The number of hydrogen-bond acceptors (Lipinski definition) is 5. The zero-order valence-corrected chi connectivity index (χ0v) is 22.4. The standard InChI is InChI=1S/C31H20Cl2N2O2S/c32-22-10-5-18(6-11-22)15-21-9-14-24-28(21)34-31-35(29(24)19-7-12-23(33)13-8-19)26(17-38-31)25-16-20-3-1-2-4-27(20)37-30(25)36/h1-8,10-13,15-17,29H,9,14H2/b21-15+. The van der Waals surface area contributed by atoms with Crippen LogP contribution in [0.2, 0.25) is 10.0 Å². The normalized spacial score (nSPS) is 19.6. The number of nitrogens with zero attached hydrogens (tertiary/aromatic N) is 2. The first-order valence-electron chi connectivity index (χ1n) is 12.3. The van der Waals surface area contributed by atoms with Gasteiger partial charge in [-0.15, -0.1) is 0 Å². The minimum Gasteiger partial charge on any atom is -0.422 e. The van der Waals surface area contributed by atoms with Gasteiger partial charge >= 0.3 is 5.63 Å². The third-order valence-corrected chi connectivity index (χ3v) is 8.47. The van der Waals surface area contributed by atoms with Gasteiger partial charge < -0.3 is 9.32 Å². The van der Waals surface area contributed by atoms with Crippen LogP contribution in [-0.4, -0.2) is 10.1 Å². The highest BCUT2D eigenvalue weighted by atomic mass is 35.5. The van der Waals surface area contributed by atoms with E-state index in [1.165, 1.54) is 22.9 Å². The summed E-state index contributed by atoms with van der Waals surface area (Å²) in [6.45, 7) is 0. The number of para-hydroxylation sites is 1. The van der Waals surface area contributed by atoms with Gasteiger partial charge in [-0.2, -0.15) is 0 Å². The van der Waals surface area contributed by atoms with Crippen LogP contribution in [0.1, 0.15) is 35.6 Å². The van der Waals surface area contributed by atoms with Crippen LogP contribution in [0.4, 0.5) is 0 Å². The molecule has 1 atom stereocenters. The molecule has 1 aliphatic carbocycles. The van der Waals surface area contributed by atoms with E-state index in [0.717, 1.165) is 45.9 Å². The third kappa shape index (κ3) is 4.02. The maximum Gasteiger partial charge on any atom is 0.345 e. The second kappa shape index (κ2) is 9.35. The Hall–Kier alpha value is -3.51. The number of allylic oxidation sites excluding steroid dienone is 1. The molecule has 0 saturated heterocycles. The molecule has 4 nitrogen and oxygen atoms in total. The summed E-state index contributed by atoms with van der Waals surface area (Å²) >= 11 is 13.9. The predicted octanol–water partition coefficient (Wildman–Crippen LogP) is 8.69. The summed E-state index contributed by atoms with van der Waals surface area (Å²) in [7, 11) is 0. The molecule has 1 aromatic heterocycles. The zero-order chi connectivity index (χ0) is 25.8. The second-order valence-corrected chi connectivity index (χ2v) is 11.1. The van der Waals surface area contributed by atoms with E-state index >= 15 is 0 Å². The van der Waals surface area contributed by atoms with Gasteiger partial charge in [-0.3, -0.25) is 0 Å². The lowest BCUT2D eigenvalue weighted by Gasteiger charge is -2.36. The van der Waals surface area contributed by atoms with Crippen LogP contribution in [0, 0.1) is 0 Å². The molecule has 0 amide bonds. The Morgan fingerprint density at radius 3 is 2.47 bits per heavy atom. The van der Waals surface area contributed by atoms with Crippen LogP contribution in [0.15, 0.2) is 115 Å². The summed E-state index contributed by atoms with van der Waals surface area (Å²) < 4.78 is 5.70. The van der Waals surface area contributed by atoms with E-state index < -0.39 is 0 Å². The number of thioether (sulfide) groups is 1. The Kier molecular flexibility index (Phi) is 5.81. The molecule has 0 radical (unpaired) electrons. The molecule has 7 heteroatoms. The number of halogens is 2. The third-order valence-electron chi connectivity index (χ3n) is 7.12. The van der Waals surface area contributed by atoms with E-state index in [9.17, 15) is 4.79 Å². The molecular formula is C31H20Cl2N2O2S. The Bertz CT molecular complexity index is 1780. The number of benzene rings is 3. The molecule has 0 N–H and O–H groups in total. The lowest BCUT2D eigenvalue weighted by Crippen LogP contribution is -2.34. The fourth-order valence-corrected chi connectivity index (χ4v) is 6.53. The van der Waals surface area contributed by atoms with Gasteiger partial charge in [0.05, 0.1) is 23.0 Å². The van der Waals surface area contributed by atoms with Gasteiger partial charge in [0.15, 0.2) is 5.17 Å². The summed E-state index contributed by atoms with van der Waals surface area (Å²) in [6, 6.07) is 25.2. The van der Waals surface area contributed by atoms with Crippen molar-refractivity contribution in [1.82, 2.24) is 4.90 Å². The highest BCUT2D eigenvalue weighted by Gasteiger charge is 2.41. The van der Waals surface area contributed by atoms with E-state index in [-0.39, 0.29) is 11.7 Å². The highest BCUT2D eigenvalue weighted by molar-refractivity contribution is 8.16. The average Bonchev–Trinajstić information content (AvgIpc) is 3.53. The average molecular weight is 555 g/mol. The number of amidine groups is 1. The van der Waals surface area contributed by atoms with E-state index in [0.29, 0.717) is 21.2 Å². The second-order valence-electron chi connectivity index (χ2n) is 9.42. The Morgan fingerprint density at radius 1 is 0.947 bits per heavy atom. The smallest absolute Gasteiger partial charge is 0.345 e. The summed E-state index contributed by atoms with van der Waals surface area (Å²) in [4.78, 5) is 20.5. The minimum atomic E-state index is -0.360. The van der Waals surface area contributed by atoms with Crippen LogP contribution < -0.4 is 5.63 Å². The molecule has 7 rings (SSSR count). The first-order chi connectivity index (χ1) is 18.5. The molecule has 2 aliphatic heterocycles. The van der Waals surface area contributed by atoms with Crippen molar-refractivity contribution in [3.05, 3.63) is 138 Å². The molecule has 0 fully saturated rings. The van der Waals surface area contributed by atoms with Crippen molar-refractivity contribution in [3.63, 3.8) is 0 Å². The van der Waals surface area contributed by atoms with Gasteiger partial charge in [0.1, 0.15) is 5.58 Å². The van der Waals surface area contributed by atoms with E-state index in [1.54, 1.807) is 0 Å². The quantitative estimate of drug-likeness (QED) is 0.237. The van der Waals surface area contributed by atoms with Crippen LogP contribution >= 0.6 is 35.0 Å². The summed E-state index contributed by atoms with van der Waals surface area (Å²) in [5.74, 6) is 0. The van der Waals surface area contributed by atoms with Crippen LogP contribution in [-0.2, 0) is 0 Å². The SMILES string of the molecule is O=c1oc2ccccc2cc1C1=CSC2=NC3=C(CC/C3=C\c3ccc(Cl)cc3)C(c3ccc(Cl)cc3)N12. The molecule has 3 aliphatic rings. The van der Waals surface area contributed by atoms with Gasteiger partial charge in [-0.25, -0.2) is 9.79 Å². The van der Waals surface area contributed by atoms with Crippen LogP contribution in [0.5, 0.6) is 0 Å². The fraction of sp³-hybridized carbons (Fsp3) is 0.0968.